The number of Topliss-reactive ketones (excluding diaryl/α,β-unsaturated/α-hetero) is 3. The Balaban J connectivity index is 1.46. The third kappa shape index (κ3) is 14.2. The minimum absolute atomic E-state index is 0.0168. The number of carbonyl (C=O) groups excluding carboxylic acids is 5. The molecule has 0 spiro atoms. The Kier molecular flexibility index (Phi) is 20.8. The first-order chi connectivity index (χ1) is 32.8. The van der Waals surface area contributed by atoms with Crippen molar-refractivity contribution >= 4 is 29.2 Å². The molecule has 15 atom stereocenters. The van der Waals surface area contributed by atoms with Crippen LogP contribution in [0.5, 0.6) is 0 Å². The number of tetrazole rings is 1. The maximum absolute atomic E-state index is 14.5. The van der Waals surface area contributed by atoms with E-state index in [2.05, 4.69) is 15.4 Å². The quantitative estimate of drug-likeness (QED) is 0.181. The van der Waals surface area contributed by atoms with Gasteiger partial charge >= 0.3 is 5.97 Å². The number of allylic oxidation sites excluding steroid dienone is 6. The highest BCUT2D eigenvalue weighted by Gasteiger charge is 2.53. The van der Waals surface area contributed by atoms with Crippen LogP contribution >= 0.6 is 0 Å². The van der Waals surface area contributed by atoms with Gasteiger partial charge in [-0.3, -0.25) is 19.2 Å². The fraction of sp³-hybridized carbons (Fsp3) is 0.731. The molecular weight excluding hydrogens is 887 g/mol. The van der Waals surface area contributed by atoms with Crippen molar-refractivity contribution < 1.29 is 57.9 Å². The van der Waals surface area contributed by atoms with Crippen LogP contribution in [-0.2, 0) is 47.7 Å². The third-order valence-corrected chi connectivity index (χ3v) is 15.1. The van der Waals surface area contributed by atoms with Gasteiger partial charge in [-0.2, -0.15) is 4.80 Å². The molecule has 384 valence electrons. The normalized spacial score (nSPS) is 38.8. The number of methoxy groups -OCH3 is 3. The lowest BCUT2D eigenvalue weighted by Crippen LogP contribution is -2.61. The Morgan fingerprint density at radius 2 is 1.64 bits per heavy atom. The van der Waals surface area contributed by atoms with E-state index in [1.165, 1.54) is 18.3 Å². The van der Waals surface area contributed by atoms with Crippen molar-refractivity contribution in [3.8, 4) is 0 Å². The maximum atomic E-state index is 14.5. The van der Waals surface area contributed by atoms with Crippen LogP contribution in [0, 0.1) is 35.5 Å². The molecule has 4 heterocycles. The van der Waals surface area contributed by atoms with E-state index in [4.69, 9.17) is 23.7 Å². The number of amides is 1. The Hall–Kier alpha value is -4.26. The van der Waals surface area contributed by atoms with Crippen LogP contribution < -0.4 is 0 Å². The zero-order valence-electron chi connectivity index (χ0n) is 42.5. The van der Waals surface area contributed by atoms with Crippen LogP contribution in [0.15, 0.2) is 53.9 Å². The smallest absolute Gasteiger partial charge is 0.329 e. The Bertz CT molecular complexity index is 2020. The highest BCUT2D eigenvalue weighted by Crippen LogP contribution is 2.39. The first-order valence-electron chi connectivity index (χ1n) is 25.0. The predicted octanol–water partition coefficient (Wildman–Crippen LogP) is 6.05. The lowest BCUT2D eigenvalue weighted by molar-refractivity contribution is -0.265. The van der Waals surface area contributed by atoms with Gasteiger partial charge in [-0.05, 0) is 112 Å². The second-order valence-corrected chi connectivity index (χ2v) is 20.3. The van der Waals surface area contributed by atoms with Gasteiger partial charge in [0, 0.05) is 58.5 Å². The number of fused-ring (bicyclic) bond motifs is 3. The van der Waals surface area contributed by atoms with E-state index in [1.807, 2.05) is 58.1 Å². The van der Waals surface area contributed by atoms with Gasteiger partial charge in [-0.1, -0.05) is 71.1 Å². The molecule has 1 aliphatic carbocycles. The fourth-order valence-corrected chi connectivity index (χ4v) is 10.7. The number of hydrogen-bond acceptors (Lipinski definition) is 15. The molecule has 69 heavy (non-hydrogen) atoms. The summed E-state index contributed by atoms with van der Waals surface area (Å²) in [5, 5.41) is 35.7. The molecule has 3 fully saturated rings. The third-order valence-electron chi connectivity index (χ3n) is 15.1. The Morgan fingerprint density at radius 3 is 2.32 bits per heavy atom. The molecule has 2 unspecified atom stereocenters. The molecule has 17 heteroatoms. The number of aliphatic hydroxyl groups excluding tert-OH is 1. The number of aromatic nitrogens is 4. The Labute approximate surface area is 408 Å². The SMILES string of the molecule is COC1C[C@@H]2CC[C@@H](C)[C@@](O)(O2)C(=O)C(=O)N2CCCC[C@H]2C(=O)O[C@H]([C@H](C)CC2CC[C@H](n3ncnn3)[C@H](OC)C2)CC(=O)[C@H](C)/C=C(\C)[C@@H](O)[C@@H](OC)C(=O)[C@@H](C)C[C@H](C)/C=C/C=C/C=C/1C. The van der Waals surface area contributed by atoms with E-state index in [1.54, 1.807) is 45.9 Å². The van der Waals surface area contributed by atoms with Gasteiger partial charge in [0.2, 0.25) is 5.79 Å². The summed E-state index contributed by atoms with van der Waals surface area (Å²) in [5.74, 6) is -7.94. The average molecular weight is 966 g/mol. The first-order valence-corrected chi connectivity index (χ1v) is 25.0. The number of carbonyl (C=O) groups is 5. The average Bonchev–Trinajstić information content (AvgIpc) is 3.88. The number of cyclic esters (lactones) is 1. The monoisotopic (exact) mass is 966 g/mol. The van der Waals surface area contributed by atoms with Crippen LogP contribution in [0.3, 0.4) is 0 Å². The van der Waals surface area contributed by atoms with Gasteiger partial charge < -0.3 is 38.8 Å². The molecule has 2 N–H and O–H groups in total. The summed E-state index contributed by atoms with van der Waals surface area (Å²) in [6.07, 6.45) is 13.7. The molecule has 1 aromatic rings. The first kappa shape index (κ1) is 55.7. The van der Waals surface area contributed by atoms with Crippen molar-refractivity contribution in [2.75, 3.05) is 27.9 Å². The van der Waals surface area contributed by atoms with Crippen LogP contribution in [0.2, 0.25) is 0 Å². The molecular formula is C52H79N5O12. The topological polar surface area (TPSA) is 219 Å². The van der Waals surface area contributed by atoms with E-state index >= 15 is 0 Å². The predicted molar refractivity (Wildman–Crippen MR) is 256 cm³/mol. The summed E-state index contributed by atoms with van der Waals surface area (Å²) in [4.78, 5) is 73.9. The molecule has 1 amide bonds. The van der Waals surface area contributed by atoms with Crippen LogP contribution in [0.1, 0.15) is 132 Å². The second-order valence-electron chi connectivity index (χ2n) is 20.3. The summed E-state index contributed by atoms with van der Waals surface area (Å²) >= 11 is 0. The molecule has 1 saturated carbocycles. The second kappa shape index (κ2) is 25.7. The van der Waals surface area contributed by atoms with E-state index in [0.717, 1.165) is 18.4 Å². The molecule has 1 aromatic heterocycles. The minimum Gasteiger partial charge on any atom is -0.460 e. The van der Waals surface area contributed by atoms with Gasteiger partial charge in [0.1, 0.15) is 30.1 Å². The lowest BCUT2D eigenvalue weighted by atomic mass is 9.77. The minimum atomic E-state index is -2.43. The van der Waals surface area contributed by atoms with Crippen molar-refractivity contribution in [1.29, 1.82) is 0 Å². The molecule has 0 radical (unpaired) electrons. The highest BCUT2D eigenvalue weighted by molar-refractivity contribution is 6.39. The van der Waals surface area contributed by atoms with Crippen molar-refractivity contribution in [1.82, 2.24) is 25.1 Å². The summed E-state index contributed by atoms with van der Waals surface area (Å²) in [7, 11) is 4.61. The van der Waals surface area contributed by atoms with Gasteiger partial charge in [-0.15, -0.1) is 10.2 Å². The number of aliphatic hydroxyl groups is 2. The standard InChI is InChI=1S/C52H79N5O12/c1-31-16-12-11-13-17-32(2)43(65-8)28-39-21-19-37(7)52(64,69-39)49(61)50(62)56-23-15-14-18-41(56)51(63)68-44(34(4)26-38-20-22-40(45(27-38)66-9)57-54-30-53-55-57)29-42(58)33(3)25-36(6)47(60)48(67-10)46(59)35(5)24-31/h11-13,16-17,25,30-31,33-35,37-41,43-45,47-48,60,64H,14-15,18-24,26-29H2,1-10H3/b13-11+,16-12+,32-17+,36-25+/t31-,33-,34-,35+,37-,38?,39+,40+,41+,43?,44+,45-,47-,48+,52-/m1/s1. The van der Waals surface area contributed by atoms with Crippen molar-refractivity contribution in [3.05, 3.63) is 53.9 Å². The summed E-state index contributed by atoms with van der Waals surface area (Å²) in [6, 6.07) is -1.24. The van der Waals surface area contributed by atoms with Crippen LogP contribution in [0.4, 0.5) is 0 Å². The van der Waals surface area contributed by atoms with E-state index in [-0.39, 0.29) is 60.9 Å². The van der Waals surface area contributed by atoms with Crippen LogP contribution in [0.25, 0.3) is 0 Å². The van der Waals surface area contributed by atoms with Crippen molar-refractivity contribution in [2.45, 2.75) is 180 Å². The zero-order chi connectivity index (χ0) is 50.6. The molecule has 4 aliphatic rings. The highest BCUT2D eigenvalue weighted by atomic mass is 16.6. The van der Waals surface area contributed by atoms with Gasteiger partial charge in [-0.25, -0.2) is 4.79 Å². The largest absolute Gasteiger partial charge is 0.460 e. The molecule has 0 aromatic carbocycles. The number of ether oxygens (including phenoxy) is 5. The number of rotatable bonds is 7. The molecule has 2 bridgehead atoms. The number of piperidine rings is 1. The van der Waals surface area contributed by atoms with Crippen LogP contribution in [-0.4, -0.2) is 141 Å². The fourth-order valence-electron chi connectivity index (χ4n) is 10.7. The maximum Gasteiger partial charge on any atom is 0.329 e. The van der Waals surface area contributed by atoms with Gasteiger partial charge in [0.25, 0.3) is 11.7 Å². The summed E-state index contributed by atoms with van der Waals surface area (Å²) < 4.78 is 29.9. The number of hydrogen-bond donors (Lipinski definition) is 2. The van der Waals surface area contributed by atoms with Gasteiger partial charge in [0.15, 0.2) is 12.1 Å². The van der Waals surface area contributed by atoms with Crippen molar-refractivity contribution in [2.24, 2.45) is 35.5 Å². The summed E-state index contributed by atoms with van der Waals surface area (Å²) in [5.41, 5.74) is 1.27. The molecule has 2 saturated heterocycles. The summed E-state index contributed by atoms with van der Waals surface area (Å²) in [6.45, 7) is 12.8. The van der Waals surface area contributed by atoms with E-state index in [0.29, 0.717) is 56.9 Å². The van der Waals surface area contributed by atoms with E-state index in [9.17, 15) is 34.2 Å². The van der Waals surface area contributed by atoms with Gasteiger partial charge in [0.05, 0.1) is 24.4 Å². The lowest BCUT2D eigenvalue weighted by Gasteiger charge is -2.42. The van der Waals surface area contributed by atoms with Crippen molar-refractivity contribution in [3.63, 3.8) is 0 Å². The Morgan fingerprint density at radius 1 is 0.884 bits per heavy atom. The number of ketones is 3. The molecule has 3 aliphatic heterocycles. The van der Waals surface area contributed by atoms with E-state index < -0.39 is 77.8 Å². The molecule has 5 rings (SSSR count). The molecule has 17 nitrogen and oxygen atoms in total. The number of nitrogens with zero attached hydrogens (tertiary/aromatic N) is 5. The number of esters is 1. The zero-order valence-corrected chi connectivity index (χ0v) is 42.5.